The zero-order chi connectivity index (χ0) is 13.8. The highest BCUT2D eigenvalue weighted by atomic mass is 16.3. The second kappa shape index (κ2) is 6.53. The molecule has 1 atom stereocenters. The minimum absolute atomic E-state index is 0.0137. The zero-order valence-corrected chi connectivity index (χ0v) is 11.9. The Morgan fingerprint density at radius 2 is 2.00 bits per heavy atom. The minimum atomic E-state index is -0.465. The summed E-state index contributed by atoms with van der Waals surface area (Å²) in [6.45, 7) is 6.34. The summed E-state index contributed by atoms with van der Waals surface area (Å²) in [5, 5.41) is 12.6. The Balaban J connectivity index is 2.54. The summed E-state index contributed by atoms with van der Waals surface area (Å²) in [5.74, 6) is 0.973. The summed E-state index contributed by atoms with van der Waals surface area (Å²) >= 11 is 0. The molecule has 1 fully saturated rings. The first-order valence-electron chi connectivity index (χ1n) is 7.07. The molecule has 1 aliphatic rings. The molecular weight excluding hydrogens is 228 g/mol. The van der Waals surface area contributed by atoms with Gasteiger partial charge in [-0.15, -0.1) is 0 Å². The van der Waals surface area contributed by atoms with Crippen LogP contribution >= 0.6 is 0 Å². The highest BCUT2D eigenvalue weighted by Crippen LogP contribution is 2.31. The number of rotatable bonds is 5. The van der Waals surface area contributed by atoms with Crippen molar-refractivity contribution in [1.82, 2.24) is 5.32 Å². The van der Waals surface area contributed by atoms with Crippen LogP contribution in [0.25, 0.3) is 0 Å². The number of carbonyl (C=O) groups is 1. The van der Waals surface area contributed by atoms with E-state index in [0.29, 0.717) is 18.3 Å². The molecule has 0 saturated heterocycles. The van der Waals surface area contributed by atoms with Crippen molar-refractivity contribution in [3.63, 3.8) is 0 Å². The van der Waals surface area contributed by atoms with Gasteiger partial charge in [-0.3, -0.25) is 4.79 Å². The number of aliphatic hydroxyl groups is 1. The van der Waals surface area contributed by atoms with Gasteiger partial charge in [0.15, 0.2) is 0 Å². The molecule has 0 aliphatic heterocycles. The van der Waals surface area contributed by atoms with Crippen molar-refractivity contribution in [2.24, 2.45) is 17.6 Å². The Hall–Kier alpha value is -0.610. The fraction of sp³-hybridized carbons (Fsp3) is 0.929. The molecule has 1 amide bonds. The van der Waals surface area contributed by atoms with Crippen LogP contribution < -0.4 is 11.1 Å². The Morgan fingerprint density at radius 3 is 2.44 bits per heavy atom. The van der Waals surface area contributed by atoms with E-state index in [2.05, 4.69) is 26.1 Å². The van der Waals surface area contributed by atoms with Crippen LogP contribution in [0.15, 0.2) is 0 Å². The summed E-state index contributed by atoms with van der Waals surface area (Å²) in [7, 11) is 0. The Kier molecular flexibility index (Phi) is 5.60. The van der Waals surface area contributed by atoms with Crippen LogP contribution in [0, 0.1) is 11.8 Å². The third kappa shape index (κ3) is 4.25. The molecule has 0 unspecified atom stereocenters. The second-order valence-electron chi connectivity index (χ2n) is 6.35. The predicted octanol–water partition coefficient (Wildman–Crippen LogP) is 1.42. The average molecular weight is 256 g/mol. The molecule has 1 rings (SSSR count). The molecule has 4 nitrogen and oxygen atoms in total. The Labute approximate surface area is 110 Å². The largest absolute Gasteiger partial charge is 0.394 e. The molecule has 0 heterocycles. The van der Waals surface area contributed by atoms with Crippen molar-refractivity contribution in [3.05, 3.63) is 0 Å². The molecule has 1 aliphatic carbocycles. The van der Waals surface area contributed by atoms with E-state index in [1.54, 1.807) is 0 Å². The van der Waals surface area contributed by atoms with Gasteiger partial charge in [-0.25, -0.2) is 0 Å². The van der Waals surface area contributed by atoms with Crippen LogP contribution in [0.1, 0.15) is 52.9 Å². The summed E-state index contributed by atoms with van der Waals surface area (Å²) < 4.78 is 0. The summed E-state index contributed by atoms with van der Waals surface area (Å²) in [4.78, 5) is 12.0. The number of hydrogen-bond donors (Lipinski definition) is 3. The first kappa shape index (κ1) is 15.4. The van der Waals surface area contributed by atoms with Gasteiger partial charge in [0.25, 0.3) is 0 Å². The number of carbonyl (C=O) groups excluding carboxylic acids is 1. The molecule has 0 spiro atoms. The minimum Gasteiger partial charge on any atom is -0.394 e. The van der Waals surface area contributed by atoms with Gasteiger partial charge in [0.05, 0.1) is 18.2 Å². The van der Waals surface area contributed by atoms with Crippen LogP contribution in [0.2, 0.25) is 0 Å². The lowest BCUT2D eigenvalue weighted by Gasteiger charge is -2.39. The van der Waals surface area contributed by atoms with E-state index in [0.717, 1.165) is 25.7 Å². The van der Waals surface area contributed by atoms with Crippen molar-refractivity contribution in [1.29, 1.82) is 0 Å². The molecule has 106 valence electrons. The van der Waals surface area contributed by atoms with E-state index in [1.165, 1.54) is 0 Å². The Morgan fingerprint density at radius 1 is 1.44 bits per heavy atom. The van der Waals surface area contributed by atoms with E-state index < -0.39 is 11.6 Å². The van der Waals surface area contributed by atoms with Crippen LogP contribution in [0.5, 0.6) is 0 Å². The van der Waals surface area contributed by atoms with Gasteiger partial charge in [-0.1, -0.05) is 20.8 Å². The fourth-order valence-electron chi connectivity index (χ4n) is 2.61. The fourth-order valence-corrected chi connectivity index (χ4v) is 2.61. The molecule has 0 radical (unpaired) electrons. The van der Waals surface area contributed by atoms with Gasteiger partial charge in [0, 0.05) is 0 Å². The van der Waals surface area contributed by atoms with Gasteiger partial charge >= 0.3 is 0 Å². The second-order valence-corrected chi connectivity index (χ2v) is 6.35. The number of nitrogens with two attached hydrogens (primary N) is 1. The van der Waals surface area contributed by atoms with E-state index in [4.69, 9.17) is 5.73 Å². The number of amides is 1. The van der Waals surface area contributed by atoms with E-state index in [1.807, 2.05) is 0 Å². The SMILES string of the molecule is CC(C)C[C@@H](N)C(=O)NC1(CO)CCC(C)CC1. The molecule has 0 aromatic heterocycles. The molecule has 0 aromatic rings. The van der Waals surface area contributed by atoms with Crippen molar-refractivity contribution in [2.45, 2.75) is 64.5 Å². The smallest absolute Gasteiger partial charge is 0.237 e. The van der Waals surface area contributed by atoms with E-state index in [-0.39, 0.29) is 12.5 Å². The first-order valence-corrected chi connectivity index (χ1v) is 7.07. The first-order chi connectivity index (χ1) is 8.38. The highest BCUT2D eigenvalue weighted by molar-refractivity contribution is 5.82. The molecule has 0 aromatic carbocycles. The lowest BCUT2D eigenvalue weighted by atomic mass is 9.77. The maximum atomic E-state index is 12.0. The third-order valence-electron chi connectivity index (χ3n) is 3.98. The molecule has 1 saturated carbocycles. The molecule has 4 N–H and O–H groups in total. The number of hydrogen-bond acceptors (Lipinski definition) is 3. The standard InChI is InChI=1S/C14H28N2O2/c1-10(2)8-12(15)13(18)16-14(9-17)6-4-11(3)5-7-14/h10-12,17H,4-9,15H2,1-3H3,(H,16,18)/t11?,12-,14?/m1/s1. The monoisotopic (exact) mass is 256 g/mol. The topological polar surface area (TPSA) is 75.4 Å². The maximum Gasteiger partial charge on any atom is 0.237 e. The summed E-state index contributed by atoms with van der Waals surface area (Å²) in [6, 6.07) is -0.465. The number of nitrogens with one attached hydrogen (secondary N) is 1. The van der Waals surface area contributed by atoms with Crippen molar-refractivity contribution >= 4 is 5.91 Å². The van der Waals surface area contributed by atoms with Crippen molar-refractivity contribution < 1.29 is 9.90 Å². The van der Waals surface area contributed by atoms with Gasteiger partial charge in [0.1, 0.15) is 0 Å². The molecule has 4 heteroatoms. The van der Waals surface area contributed by atoms with Crippen molar-refractivity contribution in [3.8, 4) is 0 Å². The van der Waals surface area contributed by atoms with E-state index >= 15 is 0 Å². The normalized spacial score (nSPS) is 30.2. The number of aliphatic hydroxyl groups excluding tert-OH is 1. The molecular formula is C14H28N2O2. The van der Waals surface area contributed by atoms with Gasteiger partial charge in [0.2, 0.25) is 5.91 Å². The zero-order valence-electron chi connectivity index (χ0n) is 11.9. The quantitative estimate of drug-likeness (QED) is 0.696. The van der Waals surface area contributed by atoms with Crippen molar-refractivity contribution in [2.75, 3.05) is 6.61 Å². The van der Waals surface area contributed by atoms with E-state index in [9.17, 15) is 9.90 Å². The maximum absolute atomic E-state index is 12.0. The highest BCUT2D eigenvalue weighted by Gasteiger charge is 2.35. The van der Waals surface area contributed by atoms with Gasteiger partial charge in [-0.05, 0) is 43.9 Å². The van der Waals surface area contributed by atoms with Crippen LogP contribution in [0.3, 0.4) is 0 Å². The van der Waals surface area contributed by atoms with Crippen LogP contribution in [-0.2, 0) is 4.79 Å². The lowest BCUT2D eigenvalue weighted by Crippen LogP contribution is -2.57. The molecule has 18 heavy (non-hydrogen) atoms. The van der Waals surface area contributed by atoms with Crippen LogP contribution in [-0.4, -0.2) is 29.2 Å². The van der Waals surface area contributed by atoms with Gasteiger partial charge in [-0.2, -0.15) is 0 Å². The van der Waals surface area contributed by atoms with Crippen LogP contribution in [0.4, 0.5) is 0 Å². The Bertz CT molecular complexity index is 271. The average Bonchev–Trinajstić information content (AvgIpc) is 2.31. The predicted molar refractivity (Wildman–Crippen MR) is 73.0 cm³/mol. The summed E-state index contributed by atoms with van der Waals surface area (Å²) in [6.07, 6.45) is 4.50. The summed E-state index contributed by atoms with van der Waals surface area (Å²) in [5.41, 5.74) is 5.45. The molecule has 0 bridgehead atoms. The van der Waals surface area contributed by atoms with Gasteiger partial charge < -0.3 is 16.2 Å². The third-order valence-corrected chi connectivity index (χ3v) is 3.98. The lowest BCUT2D eigenvalue weighted by molar-refractivity contribution is -0.126.